The molecule has 1 aliphatic rings. The van der Waals surface area contributed by atoms with Crippen LogP contribution in [0.4, 0.5) is 0 Å². The van der Waals surface area contributed by atoms with E-state index in [-0.39, 0.29) is 12.5 Å². The Hall–Kier alpha value is -3.14. The van der Waals surface area contributed by atoms with Gasteiger partial charge >= 0.3 is 0 Å². The summed E-state index contributed by atoms with van der Waals surface area (Å²) in [7, 11) is 0. The van der Waals surface area contributed by atoms with Crippen LogP contribution in [0.3, 0.4) is 0 Å². The first-order valence-electron chi connectivity index (χ1n) is 8.41. The number of nitrogens with one attached hydrogen (secondary N) is 2. The van der Waals surface area contributed by atoms with E-state index in [2.05, 4.69) is 35.8 Å². The molecule has 2 N–H and O–H groups in total. The van der Waals surface area contributed by atoms with Crippen LogP contribution in [0.25, 0.3) is 11.6 Å². The maximum atomic E-state index is 12.0. The molecule has 0 aromatic carbocycles. The molecule has 0 saturated heterocycles. The number of hydrogen-bond acceptors (Lipinski definition) is 8. The van der Waals surface area contributed by atoms with Crippen molar-refractivity contribution in [2.24, 2.45) is 0 Å². The standard InChI is InChI=1S/C16H18N8O2/c25-13(3-2-11-8-12-9-17-6-7-24(12)22-11)20-10-14-21-16(23-26-14)15-18-4-1-5-19-15/h1,4-5,8,17H,2-3,6-7,9-10H2,(H,20,25). The van der Waals surface area contributed by atoms with E-state index in [4.69, 9.17) is 4.52 Å². The molecule has 3 aromatic rings. The molecule has 0 bridgehead atoms. The van der Waals surface area contributed by atoms with Crippen LogP contribution < -0.4 is 10.6 Å². The van der Waals surface area contributed by atoms with Gasteiger partial charge in [0.2, 0.25) is 23.4 Å². The second-order valence-corrected chi connectivity index (χ2v) is 5.89. The second kappa shape index (κ2) is 7.40. The van der Waals surface area contributed by atoms with Gasteiger partial charge in [0, 0.05) is 38.3 Å². The van der Waals surface area contributed by atoms with E-state index in [9.17, 15) is 4.79 Å². The van der Waals surface area contributed by atoms with Crippen molar-refractivity contribution in [2.45, 2.75) is 32.5 Å². The van der Waals surface area contributed by atoms with Crippen LogP contribution in [0, 0.1) is 0 Å². The van der Waals surface area contributed by atoms with E-state index < -0.39 is 0 Å². The van der Waals surface area contributed by atoms with Gasteiger partial charge in [-0.2, -0.15) is 10.1 Å². The molecule has 0 fully saturated rings. The van der Waals surface area contributed by atoms with Gasteiger partial charge in [-0.15, -0.1) is 0 Å². The first-order valence-corrected chi connectivity index (χ1v) is 8.41. The maximum Gasteiger partial charge on any atom is 0.246 e. The Morgan fingerprint density at radius 1 is 1.31 bits per heavy atom. The lowest BCUT2D eigenvalue weighted by molar-refractivity contribution is -0.121. The van der Waals surface area contributed by atoms with E-state index in [1.165, 1.54) is 0 Å². The summed E-state index contributed by atoms with van der Waals surface area (Å²) in [6, 6.07) is 3.75. The molecule has 3 aromatic heterocycles. The van der Waals surface area contributed by atoms with Gasteiger partial charge in [0.25, 0.3) is 0 Å². The predicted octanol–water partition coefficient (Wildman–Crippen LogP) is 0.0753. The third-order valence-electron chi connectivity index (χ3n) is 4.00. The molecule has 4 heterocycles. The van der Waals surface area contributed by atoms with Crippen LogP contribution in [0.15, 0.2) is 29.0 Å². The van der Waals surface area contributed by atoms with Crippen LogP contribution in [0.1, 0.15) is 23.7 Å². The van der Waals surface area contributed by atoms with Crippen LogP contribution in [0.5, 0.6) is 0 Å². The number of hydrogen-bond donors (Lipinski definition) is 2. The van der Waals surface area contributed by atoms with Gasteiger partial charge in [-0.05, 0) is 12.1 Å². The molecular formula is C16H18N8O2. The number of carbonyl (C=O) groups excluding carboxylic acids is 1. The van der Waals surface area contributed by atoms with Crippen LogP contribution >= 0.6 is 0 Å². The van der Waals surface area contributed by atoms with Gasteiger partial charge < -0.3 is 15.2 Å². The molecular weight excluding hydrogens is 336 g/mol. The molecule has 10 heteroatoms. The molecule has 0 spiro atoms. The van der Waals surface area contributed by atoms with Gasteiger partial charge in [-0.3, -0.25) is 9.48 Å². The zero-order valence-corrected chi connectivity index (χ0v) is 14.1. The van der Waals surface area contributed by atoms with Crippen molar-refractivity contribution >= 4 is 5.91 Å². The van der Waals surface area contributed by atoms with Gasteiger partial charge in [-0.1, -0.05) is 5.16 Å². The highest BCUT2D eigenvalue weighted by Crippen LogP contribution is 2.10. The molecule has 1 amide bonds. The number of carbonyl (C=O) groups is 1. The average Bonchev–Trinajstić information content (AvgIpc) is 3.32. The Morgan fingerprint density at radius 2 is 2.19 bits per heavy atom. The van der Waals surface area contributed by atoms with Crippen molar-refractivity contribution in [1.29, 1.82) is 0 Å². The fourth-order valence-electron chi connectivity index (χ4n) is 2.71. The number of nitrogens with zero attached hydrogens (tertiary/aromatic N) is 6. The highest BCUT2D eigenvalue weighted by molar-refractivity contribution is 5.75. The van der Waals surface area contributed by atoms with E-state index in [1.54, 1.807) is 18.5 Å². The Bertz CT molecular complexity index is 865. The molecule has 0 aliphatic carbocycles. The van der Waals surface area contributed by atoms with Crippen LogP contribution in [0.2, 0.25) is 0 Å². The van der Waals surface area contributed by atoms with E-state index in [0.717, 1.165) is 31.0 Å². The molecule has 134 valence electrons. The number of amides is 1. The Labute approximate surface area is 149 Å². The summed E-state index contributed by atoms with van der Waals surface area (Å²) in [5.41, 5.74) is 2.09. The molecule has 0 unspecified atom stereocenters. The Balaban J connectivity index is 1.26. The third kappa shape index (κ3) is 3.75. The van der Waals surface area contributed by atoms with E-state index in [0.29, 0.717) is 30.4 Å². The van der Waals surface area contributed by atoms with Crippen molar-refractivity contribution < 1.29 is 9.32 Å². The normalized spacial score (nSPS) is 13.4. The van der Waals surface area contributed by atoms with Crippen LogP contribution in [-0.2, 0) is 30.8 Å². The number of fused-ring (bicyclic) bond motifs is 1. The number of aromatic nitrogens is 6. The first-order chi connectivity index (χ1) is 12.8. The summed E-state index contributed by atoms with van der Waals surface area (Å²) < 4.78 is 7.10. The molecule has 10 nitrogen and oxygen atoms in total. The second-order valence-electron chi connectivity index (χ2n) is 5.89. The lowest BCUT2D eigenvalue weighted by atomic mass is 10.2. The lowest BCUT2D eigenvalue weighted by Gasteiger charge is -2.13. The maximum absolute atomic E-state index is 12.0. The topological polar surface area (TPSA) is 124 Å². The minimum atomic E-state index is -0.0928. The summed E-state index contributed by atoms with van der Waals surface area (Å²) in [6.07, 6.45) is 4.15. The highest BCUT2D eigenvalue weighted by Gasteiger charge is 2.14. The third-order valence-corrected chi connectivity index (χ3v) is 4.00. The Kier molecular flexibility index (Phi) is 4.65. The van der Waals surface area contributed by atoms with Crippen molar-refractivity contribution in [1.82, 2.24) is 40.5 Å². The fraction of sp³-hybridized carbons (Fsp3) is 0.375. The zero-order valence-electron chi connectivity index (χ0n) is 14.1. The van der Waals surface area contributed by atoms with Crippen LogP contribution in [-0.4, -0.2) is 42.3 Å². The minimum Gasteiger partial charge on any atom is -0.347 e. The molecule has 0 radical (unpaired) electrons. The fourth-order valence-corrected chi connectivity index (χ4v) is 2.71. The zero-order chi connectivity index (χ0) is 17.8. The first kappa shape index (κ1) is 16.3. The van der Waals surface area contributed by atoms with Gasteiger partial charge in [0.1, 0.15) is 0 Å². The van der Waals surface area contributed by atoms with Crippen molar-refractivity contribution in [3.8, 4) is 11.6 Å². The smallest absolute Gasteiger partial charge is 0.246 e. The number of aryl methyl sites for hydroxylation is 1. The predicted molar refractivity (Wildman–Crippen MR) is 89.4 cm³/mol. The summed E-state index contributed by atoms with van der Waals surface area (Å²) in [5.74, 6) is 0.897. The van der Waals surface area contributed by atoms with Gasteiger partial charge in [0.15, 0.2) is 0 Å². The van der Waals surface area contributed by atoms with Crippen molar-refractivity contribution in [2.75, 3.05) is 6.54 Å². The summed E-state index contributed by atoms with van der Waals surface area (Å²) in [4.78, 5) is 24.3. The largest absolute Gasteiger partial charge is 0.347 e. The highest BCUT2D eigenvalue weighted by atomic mass is 16.5. The van der Waals surface area contributed by atoms with E-state index in [1.807, 2.05) is 10.7 Å². The Morgan fingerprint density at radius 3 is 3.04 bits per heavy atom. The van der Waals surface area contributed by atoms with Gasteiger partial charge in [0.05, 0.1) is 24.5 Å². The van der Waals surface area contributed by atoms with Crippen molar-refractivity contribution in [3.63, 3.8) is 0 Å². The summed E-state index contributed by atoms with van der Waals surface area (Å²) in [6.45, 7) is 2.78. The quantitative estimate of drug-likeness (QED) is 0.638. The van der Waals surface area contributed by atoms with Gasteiger partial charge in [-0.25, -0.2) is 9.97 Å². The SMILES string of the molecule is O=C(CCc1cc2n(n1)CCNC2)NCc1nc(-c2ncccn2)no1. The van der Waals surface area contributed by atoms with Crippen molar-refractivity contribution in [3.05, 3.63) is 41.8 Å². The lowest BCUT2D eigenvalue weighted by Crippen LogP contribution is -2.28. The molecule has 4 rings (SSSR count). The summed E-state index contributed by atoms with van der Waals surface area (Å²) >= 11 is 0. The molecule has 26 heavy (non-hydrogen) atoms. The monoisotopic (exact) mass is 354 g/mol. The average molecular weight is 354 g/mol. The molecule has 0 atom stereocenters. The summed E-state index contributed by atoms with van der Waals surface area (Å²) in [5, 5.41) is 14.4. The van der Waals surface area contributed by atoms with E-state index >= 15 is 0 Å². The molecule has 1 aliphatic heterocycles. The minimum absolute atomic E-state index is 0.0928. The molecule has 0 saturated carbocycles. The number of rotatable bonds is 6.